The van der Waals surface area contributed by atoms with E-state index < -0.39 is 0 Å². The monoisotopic (exact) mass is 217 g/mol. The minimum absolute atomic E-state index is 0.415. The third-order valence-electron chi connectivity index (χ3n) is 3.03. The molecule has 84 valence electrons. The van der Waals surface area contributed by atoms with Gasteiger partial charge in [-0.25, -0.2) is 9.97 Å². The number of fused-ring (bicyclic) bond motifs is 1. The van der Waals surface area contributed by atoms with Crippen molar-refractivity contribution in [3.63, 3.8) is 0 Å². The van der Waals surface area contributed by atoms with Gasteiger partial charge in [-0.2, -0.15) is 0 Å². The number of imidazole rings is 1. The van der Waals surface area contributed by atoms with Gasteiger partial charge in [0.2, 0.25) is 0 Å². The van der Waals surface area contributed by atoms with E-state index in [9.17, 15) is 0 Å². The molecule has 0 radical (unpaired) electrons. The molecule has 0 saturated carbocycles. The Labute approximate surface area is 93.9 Å². The van der Waals surface area contributed by atoms with Crippen LogP contribution in [-0.2, 0) is 0 Å². The van der Waals surface area contributed by atoms with Gasteiger partial charge in [-0.05, 0) is 19.4 Å². The fourth-order valence-electron chi connectivity index (χ4n) is 2.15. The van der Waals surface area contributed by atoms with Gasteiger partial charge >= 0.3 is 0 Å². The molecule has 1 aliphatic heterocycles. The molecule has 1 unspecified atom stereocenters. The molecule has 0 aliphatic carbocycles. The van der Waals surface area contributed by atoms with Gasteiger partial charge in [-0.3, -0.25) is 0 Å². The molecule has 2 aromatic rings. The number of nitrogens with one attached hydrogen (secondary N) is 2. The topological polar surface area (TPSA) is 54.2 Å². The molecule has 5 nitrogen and oxygen atoms in total. The highest BCUT2D eigenvalue weighted by Gasteiger charge is 2.18. The van der Waals surface area contributed by atoms with Crippen molar-refractivity contribution in [3.05, 3.63) is 24.3 Å². The summed E-state index contributed by atoms with van der Waals surface area (Å²) in [5.74, 6) is 0.857. The van der Waals surface area contributed by atoms with Crippen LogP contribution in [0.2, 0.25) is 0 Å². The van der Waals surface area contributed by atoms with Crippen molar-refractivity contribution in [1.82, 2.24) is 19.7 Å². The van der Waals surface area contributed by atoms with Crippen molar-refractivity contribution in [1.29, 1.82) is 0 Å². The van der Waals surface area contributed by atoms with Crippen LogP contribution in [0, 0.1) is 0 Å². The van der Waals surface area contributed by atoms with E-state index >= 15 is 0 Å². The van der Waals surface area contributed by atoms with Crippen LogP contribution in [0.4, 0.5) is 5.82 Å². The Morgan fingerprint density at radius 2 is 2.44 bits per heavy atom. The SMILES string of the molecule is CNc1cn2cc(C3CCCN3)nc2cn1. The Hall–Kier alpha value is -1.62. The molecule has 2 N–H and O–H groups in total. The first kappa shape index (κ1) is 9.59. The predicted octanol–water partition coefficient (Wildman–Crippen LogP) is 1.20. The fraction of sp³-hybridized carbons (Fsp3) is 0.455. The zero-order chi connectivity index (χ0) is 11.0. The minimum Gasteiger partial charge on any atom is -0.372 e. The van der Waals surface area contributed by atoms with Crippen LogP contribution in [0.5, 0.6) is 0 Å². The number of anilines is 1. The third kappa shape index (κ3) is 1.53. The van der Waals surface area contributed by atoms with Crippen LogP contribution in [0.1, 0.15) is 24.6 Å². The van der Waals surface area contributed by atoms with E-state index in [-0.39, 0.29) is 0 Å². The average Bonchev–Trinajstić information content (AvgIpc) is 2.96. The first-order valence-corrected chi connectivity index (χ1v) is 5.62. The van der Waals surface area contributed by atoms with Crippen molar-refractivity contribution in [2.45, 2.75) is 18.9 Å². The largest absolute Gasteiger partial charge is 0.372 e. The van der Waals surface area contributed by atoms with E-state index in [1.54, 1.807) is 6.20 Å². The molecule has 1 fully saturated rings. The molecule has 0 bridgehead atoms. The predicted molar refractivity (Wildman–Crippen MR) is 62.5 cm³/mol. The maximum Gasteiger partial charge on any atom is 0.155 e. The minimum atomic E-state index is 0.415. The Morgan fingerprint density at radius 3 is 3.19 bits per heavy atom. The standard InChI is InChI=1S/C11H15N5/c1-12-10-7-16-6-9(8-3-2-4-13-8)15-11(16)5-14-10/h5-8,12-13H,2-4H2,1H3. The molecular formula is C11H15N5. The second-order valence-corrected chi connectivity index (χ2v) is 4.10. The van der Waals surface area contributed by atoms with E-state index in [0.29, 0.717) is 6.04 Å². The second kappa shape index (κ2) is 3.75. The van der Waals surface area contributed by atoms with Gasteiger partial charge in [0.1, 0.15) is 5.82 Å². The summed E-state index contributed by atoms with van der Waals surface area (Å²) in [6.07, 6.45) is 8.25. The van der Waals surface area contributed by atoms with Crippen LogP contribution in [0.25, 0.3) is 5.65 Å². The van der Waals surface area contributed by atoms with Gasteiger partial charge < -0.3 is 15.0 Å². The summed E-state index contributed by atoms with van der Waals surface area (Å²) in [5, 5.41) is 6.47. The molecule has 1 aliphatic rings. The lowest BCUT2D eigenvalue weighted by atomic mass is 10.2. The molecule has 16 heavy (non-hydrogen) atoms. The van der Waals surface area contributed by atoms with Gasteiger partial charge in [0.05, 0.1) is 24.1 Å². The molecule has 3 rings (SSSR count). The quantitative estimate of drug-likeness (QED) is 0.793. The maximum atomic E-state index is 4.58. The lowest BCUT2D eigenvalue weighted by molar-refractivity contribution is 0.632. The van der Waals surface area contributed by atoms with Crippen molar-refractivity contribution in [2.75, 3.05) is 18.9 Å². The van der Waals surface area contributed by atoms with Crippen LogP contribution in [0.15, 0.2) is 18.6 Å². The highest BCUT2D eigenvalue weighted by atomic mass is 15.1. The summed E-state index contributed by atoms with van der Waals surface area (Å²) in [4.78, 5) is 8.83. The van der Waals surface area contributed by atoms with Gasteiger partial charge in [-0.1, -0.05) is 0 Å². The molecule has 0 spiro atoms. The third-order valence-corrected chi connectivity index (χ3v) is 3.03. The summed E-state index contributed by atoms with van der Waals surface area (Å²) in [7, 11) is 1.87. The van der Waals surface area contributed by atoms with Gasteiger partial charge in [0.25, 0.3) is 0 Å². The van der Waals surface area contributed by atoms with Crippen molar-refractivity contribution in [3.8, 4) is 0 Å². The summed E-state index contributed by atoms with van der Waals surface area (Å²) in [6.45, 7) is 1.10. The molecule has 5 heteroatoms. The van der Waals surface area contributed by atoms with Crippen LogP contribution >= 0.6 is 0 Å². The lowest BCUT2D eigenvalue weighted by Crippen LogP contribution is -2.12. The molecule has 1 saturated heterocycles. The zero-order valence-electron chi connectivity index (χ0n) is 9.27. The van der Waals surface area contributed by atoms with Gasteiger partial charge in [0.15, 0.2) is 5.65 Å². The first-order chi connectivity index (χ1) is 7.86. The summed E-state index contributed by atoms with van der Waals surface area (Å²) >= 11 is 0. The van der Waals surface area contributed by atoms with E-state index in [2.05, 4.69) is 26.8 Å². The molecule has 3 heterocycles. The fourth-order valence-corrected chi connectivity index (χ4v) is 2.15. The summed E-state index contributed by atoms with van der Waals surface area (Å²) < 4.78 is 2.02. The Bertz CT molecular complexity index is 498. The molecular weight excluding hydrogens is 202 g/mol. The Morgan fingerprint density at radius 1 is 1.50 bits per heavy atom. The summed E-state index contributed by atoms with van der Waals surface area (Å²) in [5.41, 5.74) is 2.02. The van der Waals surface area contributed by atoms with E-state index in [0.717, 1.165) is 23.7 Å². The van der Waals surface area contributed by atoms with E-state index in [4.69, 9.17) is 0 Å². The average molecular weight is 217 g/mol. The number of hydrogen-bond donors (Lipinski definition) is 2. The molecule has 0 aromatic carbocycles. The number of aromatic nitrogens is 3. The van der Waals surface area contributed by atoms with Gasteiger partial charge in [0, 0.05) is 13.2 Å². The Balaban J connectivity index is 2.01. The van der Waals surface area contributed by atoms with Crippen molar-refractivity contribution in [2.24, 2.45) is 0 Å². The van der Waals surface area contributed by atoms with E-state index in [1.165, 1.54) is 12.8 Å². The molecule has 1 atom stereocenters. The highest BCUT2D eigenvalue weighted by molar-refractivity contribution is 5.43. The van der Waals surface area contributed by atoms with Crippen molar-refractivity contribution < 1.29 is 0 Å². The number of rotatable bonds is 2. The Kier molecular flexibility index (Phi) is 2.25. The molecule has 0 amide bonds. The number of nitrogens with zero attached hydrogens (tertiary/aromatic N) is 3. The maximum absolute atomic E-state index is 4.58. The zero-order valence-corrected chi connectivity index (χ0v) is 9.27. The first-order valence-electron chi connectivity index (χ1n) is 5.62. The van der Waals surface area contributed by atoms with Crippen LogP contribution in [0.3, 0.4) is 0 Å². The van der Waals surface area contributed by atoms with Crippen LogP contribution < -0.4 is 10.6 Å². The van der Waals surface area contributed by atoms with E-state index in [1.807, 2.05) is 17.6 Å². The normalized spacial score (nSPS) is 20.4. The van der Waals surface area contributed by atoms with Crippen LogP contribution in [-0.4, -0.2) is 28.0 Å². The second-order valence-electron chi connectivity index (χ2n) is 4.10. The number of hydrogen-bond acceptors (Lipinski definition) is 4. The highest BCUT2D eigenvalue weighted by Crippen LogP contribution is 2.22. The lowest BCUT2D eigenvalue weighted by Gasteiger charge is -2.04. The summed E-state index contributed by atoms with van der Waals surface area (Å²) in [6, 6.07) is 0.415. The molecule has 2 aromatic heterocycles. The van der Waals surface area contributed by atoms with Gasteiger partial charge in [-0.15, -0.1) is 0 Å². The smallest absolute Gasteiger partial charge is 0.155 e. The van der Waals surface area contributed by atoms with Crippen molar-refractivity contribution >= 4 is 11.5 Å².